The second-order valence-electron chi connectivity index (χ2n) is 3.05. The van der Waals surface area contributed by atoms with Gasteiger partial charge in [0.15, 0.2) is 5.76 Å². The van der Waals surface area contributed by atoms with Crippen LogP contribution in [0.4, 0.5) is 0 Å². The van der Waals surface area contributed by atoms with Crippen LogP contribution in [0.25, 0.3) is 17.5 Å². The fraction of sp³-hybridized carbons (Fsp3) is 0. The van der Waals surface area contributed by atoms with Crippen LogP contribution >= 0.6 is 11.6 Å². The van der Waals surface area contributed by atoms with Gasteiger partial charge < -0.3 is 4.42 Å². The molecule has 7 nitrogen and oxygen atoms in total. The van der Waals surface area contributed by atoms with Gasteiger partial charge in [0.25, 0.3) is 5.95 Å². The largest absolute Gasteiger partial charge is 0.461 e. The van der Waals surface area contributed by atoms with Crippen LogP contribution in [-0.2, 0) is 0 Å². The zero-order chi connectivity index (χ0) is 11.7. The fourth-order valence-corrected chi connectivity index (χ4v) is 1.43. The van der Waals surface area contributed by atoms with E-state index < -0.39 is 0 Å². The standard InChI is InChI=1S/C9H5ClN6O/c10-8-13-7(6-2-1-3-17-6)14-9(15-8)16-5-11-4-12-16/h1-5H. The second-order valence-corrected chi connectivity index (χ2v) is 3.38. The molecule has 0 radical (unpaired) electrons. The second kappa shape index (κ2) is 3.95. The predicted molar refractivity (Wildman–Crippen MR) is 57.5 cm³/mol. The molecule has 3 aromatic rings. The van der Waals surface area contributed by atoms with E-state index in [2.05, 4.69) is 25.0 Å². The highest BCUT2D eigenvalue weighted by Gasteiger charge is 2.10. The highest BCUT2D eigenvalue weighted by atomic mass is 35.5. The van der Waals surface area contributed by atoms with Crippen molar-refractivity contribution in [2.24, 2.45) is 0 Å². The fourth-order valence-electron chi connectivity index (χ4n) is 1.27. The Hall–Kier alpha value is -2.28. The van der Waals surface area contributed by atoms with E-state index in [-0.39, 0.29) is 11.2 Å². The Bertz CT molecular complexity index is 568. The minimum Gasteiger partial charge on any atom is -0.461 e. The van der Waals surface area contributed by atoms with E-state index in [1.54, 1.807) is 12.1 Å². The van der Waals surface area contributed by atoms with Crippen molar-refractivity contribution in [3.05, 3.63) is 36.3 Å². The summed E-state index contributed by atoms with van der Waals surface area (Å²) in [5.74, 6) is 1.14. The normalized spacial score (nSPS) is 10.6. The lowest BCUT2D eigenvalue weighted by atomic mass is 10.4. The summed E-state index contributed by atoms with van der Waals surface area (Å²) in [4.78, 5) is 15.9. The summed E-state index contributed by atoms with van der Waals surface area (Å²) in [6, 6.07) is 3.47. The van der Waals surface area contributed by atoms with E-state index >= 15 is 0 Å². The third kappa shape index (κ3) is 1.87. The van der Waals surface area contributed by atoms with Crippen molar-refractivity contribution in [3.8, 4) is 17.5 Å². The Labute approximate surface area is 100 Å². The van der Waals surface area contributed by atoms with E-state index in [0.29, 0.717) is 11.6 Å². The maximum absolute atomic E-state index is 5.82. The molecule has 0 saturated carbocycles. The molecule has 0 bridgehead atoms. The average molecular weight is 249 g/mol. The molecular formula is C9H5ClN6O. The van der Waals surface area contributed by atoms with Crippen LogP contribution in [0.15, 0.2) is 35.5 Å². The van der Waals surface area contributed by atoms with Gasteiger partial charge in [-0.3, -0.25) is 0 Å². The van der Waals surface area contributed by atoms with Crippen molar-refractivity contribution >= 4 is 11.6 Å². The summed E-state index contributed by atoms with van der Waals surface area (Å²) < 4.78 is 6.58. The quantitative estimate of drug-likeness (QED) is 0.681. The van der Waals surface area contributed by atoms with Crippen LogP contribution in [0.5, 0.6) is 0 Å². The Kier molecular flexibility index (Phi) is 2.30. The van der Waals surface area contributed by atoms with Crippen molar-refractivity contribution in [3.63, 3.8) is 0 Å². The van der Waals surface area contributed by atoms with Gasteiger partial charge >= 0.3 is 0 Å². The van der Waals surface area contributed by atoms with Gasteiger partial charge in [-0.15, -0.1) is 0 Å². The van der Waals surface area contributed by atoms with Gasteiger partial charge in [0, 0.05) is 0 Å². The molecule has 0 unspecified atom stereocenters. The minimum atomic E-state index is 0.0666. The molecule has 0 aromatic carbocycles. The van der Waals surface area contributed by atoms with E-state index in [4.69, 9.17) is 16.0 Å². The lowest BCUT2D eigenvalue weighted by Gasteiger charge is -2.00. The van der Waals surface area contributed by atoms with E-state index in [1.165, 1.54) is 23.6 Å². The molecule has 0 spiro atoms. The molecule has 3 heterocycles. The molecule has 84 valence electrons. The number of hydrogen-bond acceptors (Lipinski definition) is 6. The summed E-state index contributed by atoms with van der Waals surface area (Å²) in [6.07, 6.45) is 4.38. The van der Waals surface area contributed by atoms with E-state index in [1.807, 2.05) is 0 Å². The first-order chi connectivity index (χ1) is 8.33. The lowest BCUT2D eigenvalue weighted by molar-refractivity contribution is 0.576. The highest BCUT2D eigenvalue weighted by Crippen LogP contribution is 2.17. The SMILES string of the molecule is Clc1nc(-c2ccco2)nc(-n2cncn2)n1. The van der Waals surface area contributed by atoms with Crippen molar-refractivity contribution in [2.75, 3.05) is 0 Å². The summed E-state index contributed by atoms with van der Waals surface area (Å²) in [6.45, 7) is 0. The van der Waals surface area contributed by atoms with Gasteiger partial charge in [-0.2, -0.15) is 24.7 Å². The number of halogens is 1. The molecule has 0 aliphatic carbocycles. The maximum Gasteiger partial charge on any atom is 0.257 e. The summed E-state index contributed by atoms with van der Waals surface area (Å²) in [5, 5.41) is 3.98. The van der Waals surface area contributed by atoms with Crippen molar-refractivity contribution in [1.82, 2.24) is 29.7 Å². The molecular weight excluding hydrogens is 244 g/mol. The number of rotatable bonds is 2. The van der Waals surface area contributed by atoms with Crippen LogP contribution in [0, 0.1) is 0 Å². The van der Waals surface area contributed by atoms with Crippen LogP contribution in [0.1, 0.15) is 0 Å². The van der Waals surface area contributed by atoms with Crippen molar-refractivity contribution < 1.29 is 4.42 Å². The number of aromatic nitrogens is 6. The van der Waals surface area contributed by atoms with Crippen molar-refractivity contribution in [2.45, 2.75) is 0 Å². The summed E-state index contributed by atoms with van der Waals surface area (Å²) >= 11 is 5.82. The molecule has 3 rings (SSSR count). The number of nitrogens with zero attached hydrogens (tertiary/aromatic N) is 6. The Morgan fingerprint density at radius 1 is 1.24 bits per heavy atom. The predicted octanol–water partition coefficient (Wildman–Crippen LogP) is 1.37. The number of hydrogen-bond donors (Lipinski definition) is 0. The van der Waals surface area contributed by atoms with Crippen LogP contribution in [-0.4, -0.2) is 29.7 Å². The van der Waals surface area contributed by atoms with Crippen LogP contribution in [0.3, 0.4) is 0 Å². The third-order valence-electron chi connectivity index (χ3n) is 1.96. The van der Waals surface area contributed by atoms with Crippen molar-refractivity contribution in [1.29, 1.82) is 0 Å². The molecule has 0 aliphatic rings. The first-order valence-electron chi connectivity index (χ1n) is 4.63. The van der Waals surface area contributed by atoms with Gasteiger partial charge in [0.1, 0.15) is 12.7 Å². The molecule has 8 heteroatoms. The third-order valence-corrected chi connectivity index (χ3v) is 2.13. The molecule has 0 aliphatic heterocycles. The Morgan fingerprint density at radius 2 is 2.18 bits per heavy atom. The van der Waals surface area contributed by atoms with Gasteiger partial charge in [0.05, 0.1) is 6.26 Å². The van der Waals surface area contributed by atoms with Gasteiger partial charge in [-0.1, -0.05) is 0 Å². The van der Waals surface area contributed by atoms with Gasteiger partial charge in [-0.05, 0) is 23.7 Å². The lowest BCUT2D eigenvalue weighted by Crippen LogP contribution is -2.04. The van der Waals surface area contributed by atoms with E-state index in [9.17, 15) is 0 Å². The highest BCUT2D eigenvalue weighted by molar-refractivity contribution is 6.28. The summed E-state index contributed by atoms with van der Waals surface area (Å²) in [7, 11) is 0. The zero-order valence-corrected chi connectivity index (χ0v) is 9.11. The Balaban J connectivity index is 2.13. The zero-order valence-electron chi connectivity index (χ0n) is 8.36. The number of furan rings is 1. The average Bonchev–Trinajstić information content (AvgIpc) is 3.02. The molecule has 0 N–H and O–H groups in total. The summed E-state index contributed by atoms with van der Waals surface area (Å²) in [5.41, 5.74) is 0. The maximum atomic E-state index is 5.82. The molecule has 0 fully saturated rings. The smallest absolute Gasteiger partial charge is 0.257 e. The first-order valence-corrected chi connectivity index (χ1v) is 5.01. The van der Waals surface area contributed by atoms with Crippen LogP contribution in [0.2, 0.25) is 5.28 Å². The monoisotopic (exact) mass is 248 g/mol. The Morgan fingerprint density at radius 3 is 2.88 bits per heavy atom. The molecule has 0 saturated heterocycles. The van der Waals surface area contributed by atoms with Gasteiger partial charge in [0.2, 0.25) is 11.1 Å². The molecule has 3 aromatic heterocycles. The van der Waals surface area contributed by atoms with Crippen LogP contribution < -0.4 is 0 Å². The first kappa shape index (κ1) is 9.91. The van der Waals surface area contributed by atoms with E-state index in [0.717, 1.165) is 0 Å². The minimum absolute atomic E-state index is 0.0666. The molecule has 0 atom stereocenters. The topological polar surface area (TPSA) is 82.5 Å². The molecule has 17 heavy (non-hydrogen) atoms. The van der Waals surface area contributed by atoms with Gasteiger partial charge in [-0.25, -0.2) is 4.98 Å². The molecule has 0 amide bonds.